The minimum absolute atomic E-state index is 0.220. The van der Waals surface area contributed by atoms with Gasteiger partial charge in [0.05, 0.1) is 17.2 Å². The predicted molar refractivity (Wildman–Crippen MR) is 96.2 cm³/mol. The van der Waals surface area contributed by atoms with E-state index in [0.29, 0.717) is 12.4 Å². The standard InChI is InChI=1S/C19H29ClNO2/c1-2-3-4-5-6-7-8-9-10-11-14-23-16-12-13-17(19(21)22)18(20)15-16/h12-13,15,21H,2-11,14H2,1H3. The summed E-state index contributed by atoms with van der Waals surface area (Å²) in [5.41, 5.74) is 7.28. The highest BCUT2D eigenvalue weighted by atomic mass is 35.5. The van der Waals surface area contributed by atoms with E-state index in [1.165, 1.54) is 57.8 Å². The number of carbonyl (C=O) groups is 1. The smallest absolute Gasteiger partial charge is 0.271 e. The van der Waals surface area contributed by atoms with Crippen LogP contribution in [0.2, 0.25) is 5.02 Å². The van der Waals surface area contributed by atoms with Gasteiger partial charge < -0.3 is 4.74 Å². The van der Waals surface area contributed by atoms with Crippen molar-refractivity contribution in [1.29, 1.82) is 0 Å². The number of halogens is 1. The first-order valence-electron chi connectivity index (χ1n) is 8.83. The lowest BCUT2D eigenvalue weighted by atomic mass is 10.1. The summed E-state index contributed by atoms with van der Waals surface area (Å²) in [5.74, 6) is -0.104. The number of benzene rings is 1. The van der Waals surface area contributed by atoms with Crippen LogP contribution in [-0.2, 0) is 0 Å². The fraction of sp³-hybridized carbons (Fsp3) is 0.632. The Bertz CT molecular complexity index is 463. The zero-order valence-electron chi connectivity index (χ0n) is 14.2. The number of nitrogens with one attached hydrogen (secondary N) is 1. The molecule has 0 bridgehead atoms. The van der Waals surface area contributed by atoms with Crippen molar-refractivity contribution < 1.29 is 9.53 Å². The zero-order valence-corrected chi connectivity index (χ0v) is 15.0. The lowest BCUT2D eigenvalue weighted by molar-refractivity contribution is 0.0992. The highest BCUT2D eigenvalue weighted by Gasteiger charge is 2.08. The molecule has 1 N–H and O–H groups in total. The van der Waals surface area contributed by atoms with Gasteiger partial charge in [-0.1, -0.05) is 76.3 Å². The number of amides is 1. The van der Waals surface area contributed by atoms with Crippen LogP contribution >= 0.6 is 11.6 Å². The van der Waals surface area contributed by atoms with Crippen molar-refractivity contribution in [3.8, 4) is 5.75 Å². The third-order valence-corrected chi connectivity index (χ3v) is 4.26. The molecule has 23 heavy (non-hydrogen) atoms. The molecule has 1 aromatic rings. The molecule has 0 heterocycles. The first-order chi connectivity index (χ1) is 11.1. The van der Waals surface area contributed by atoms with Gasteiger partial charge in [-0.2, -0.15) is 0 Å². The second-order valence-electron chi connectivity index (χ2n) is 6.00. The van der Waals surface area contributed by atoms with E-state index in [0.717, 1.165) is 6.42 Å². The van der Waals surface area contributed by atoms with E-state index in [4.69, 9.17) is 22.1 Å². The number of hydrogen-bond donors (Lipinski definition) is 0. The summed E-state index contributed by atoms with van der Waals surface area (Å²) < 4.78 is 5.64. The number of carbonyl (C=O) groups excluding carboxylic acids is 1. The first-order valence-corrected chi connectivity index (χ1v) is 9.21. The average molecular weight is 339 g/mol. The zero-order chi connectivity index (χ0) is 16.9. The van der Waals surface area contributed by atoms with E-state index >= 15 is 0 Å². The summed E-state index contributed by atoms with van der Waals surface area (Å²) in [7, 11) is 0. The molecule has 0 aliphatic heterocycles. The SMILES string of the molecule is CCCCCCCCCCCCOc1ccc(C([NH])=O)c(Cl)c1. The van der Waals surface area contributed by atoms with Gasteiger partial charge in [-0.05, 0) is 24.6 Å². The number of rotatable bonds is 13. The van der Waals surface area contributed by atoms with Crippen molar-refractivity contribution >= 4 is 17.5 Å². The summed E-state index contributed by atoms with van der Waals surface area (Å²) in [6.45, 7) is 2.92. The molecule has 1 amide bonds. The molecule has 0 spiro atoms. The van der Waals surface area contributed by atoms with Crippen LogP contribution in [0.4, 0.5) is 0 Å². The van der Waals surface area contributed by atoms with Gasteiger partial charge in [0.1, 0.15) is 5.75 Å². The molecular weight excluding hydrogens is 310 g/mol. The van der Waals surface area contributed by atoms with Crippen LogP contribution in [0.15, 0.2) is 18.2 Å². The molecule has 3 nitrogen and oxygen atoms in total. The summed E-state index contributed by atoms with van der Waals surface area (Å²) in [6.07, 6.45) is 13.0. The molecule has 0 saturated heterocycles. The van der Waals surface area contributed by atoms with Gasteiger partial charge in [0.2, 0.25) is 0 Å². The van der Waals surface area contributed by atoms with Crippen LogP contribution < -0.4 is 10.5 Å². The van der Waals surface area contributed by atoms with E-state index in [2.05, 4.69) is 6.92 Å². The summed E-state index contributed by atoms with van der Waals surface area (Å²) in [6, 6.07) is 4.86. The highest BCUT2D eigenvalue weighted by molar-refractivity contribution is 6.33. The third-order valence-electron chi connectivity index (χ3n) is 3.95. The van der Waals surface area contributed by atoms with Crippen molar-refractivity contribution in [3.05, 3.63) is 28.8 Å². The Balaban J connectivity index is 2.03. The average Bonchev–Trinajstić information content (AvgIpc) is 2.52. The van der Waals surface area contributed by atoms with Crippen molar-refractivity contribution in [2.45, 2.75) is 71.1 Å². The first kappa shape index (κ1) is 19.8. The summed E-state index contributed by atoms with van der Waals surface area (Å²) in [4.78, 5) is 11.0. The molecule has 1 rings (SSSR count). The molecule has 0 aliphatic carbocycles. The largest absolute Gasteiger partial charge is 0.494 e. The Morgan fingerprint density at radius 1 is 1.00 bits per heavy atom. The highest BCUT2D eigenvalue weighted by Crippen LogP contribution is 2.22. The molecule has 0 unspecified atom stereocenters. The summed E-state index contributed by atoms with van der Waals surface area (Å²) in [5, 5.41) is 0.283. The minimum atomic E-state index is -0.767. The molecule has 129 valence electrons. The maximum atomic E-state index is 11.0. The Kier molecular flexibility index (Phi) is 10.5. The lowest BCUT2D eigenvalue weighted by Gasteiger charge is -2.08. The molecular formula is C19H29ClNO2. The monoisotopic (exact) mass is 338 g/mol. The van der Waals surface area contributed by atoms with Crippen LogP contribution in [-0.4, -0.2) is 12.5 Å². The molecule has 0 aliphatic rings. The molecule has 0 atom stereocenters. The van der Waals surface area contributed by atoms with Crippen LogP contribution in [0, 0.1) is 0 Å². The van der Waals surface area contributed by atoms with Crippen LogP contribution in [0.3, 0.4) is 0 Å². The molecule has 1 aromatic carbocycles. The van der Waals surface area contributed by atoms with Crippen molar-refractivity contribution in [3.63, 3.8) is 0 Å². The van der Waals surface area contributed by atoms with Crippen molar-refractivity contribution in [2.24, 2.45) is 0 Å². The van der Waals surface area contributed by atoms with E-state index in [9.17, 15) is 4.79 Å². The Morgan fingerprint density at radius 3 is 2.09 bits per heavy atom. The van der Waals surface area contributed by atoms with Crippen LogP contribution in [0.25, 0.3) is 0 Å². The van der Waals surface area contributed by atoms with Gasteiger partial charge in [0, 0.05) is 0 Å². The quantitative estimate of drug-likeness (QED) is 0.410. The van der Waals surface area contributed by atoms with Crippen LogP contribution in [0.1, 0.15) is 81.5 Å². The Morgan fingerprint density at radius 2 is 1.57 bits per heavy atom. The second-order valence-corrected chi connectivity index (χ2v) is 6.41. The van der Waals surface area contributed by atoms with E-state index in [-0.39, 0.29) is 10.6 Å². The Labute approximate surface area is 145 Å². The van der Waals surface area contributed by atoms with Gasteiger partial charge in [0.15, 0.2) is 0 Å². The molecule has 0 aromatic heterocycles. The number of ether oxygens (including phenoxy) is 1. The predicted octanol–water partition coefficient (Wildman–Crippen LogP) is 6.06. The van der Waals surface area contributed by atoms with Crippen molar-refractivity contribution in [2.75, 3.05) is 6.61 Å². The van der Waals surface area contributed by atoms with Gasteiger partial charge in [-0.15, -0.1) is 0 Å². The van der Waals surface area contributed by atoms with Crippen molar-refractivity contribution in [1.82, 2.24) is 5.73 Å². The number of unbranched alkanes of at least 4 members (excludes halogenated alkanes) is 9. The van der Waals surface area contributed by atoms with Gasteiger partial charge in [-0.3, -0.25) is 10.5 Å². The number of hydrogen-bond acceptors (Lipinski definition) is 2. The fourth-order valence-electron chi connectivity index (χ4n) is 2.55. The fourth-order valence-corrected chi connectivity index (χ4v) is 2.81. The van der Waals surface area contributed by atoms with Gasteiger partial charge >= 0.3 is 0 Å². The Hall–Kier alpha value is -1.22. The lowest BCUT2D eigenvalue weighted by Crippen LogP contribution is -2.01. The summed E-state index contributed by atoms with van der Waals surface area (Å²) >= 11 is 5.95. The normalized spacial score (nSPS) is 10.7. The van der Waals surface area contributed by atoms with E-state index in [1.807, 2.05) is 0 Å². The maximum Gasteiger partial charge on any atom is 0.271 e. The second kappa shape index (κ2) is 12.2. The molecule has 1 radical (unpaired) electrons. The van der Waals surface area contributed by atoms with E-state index in [1.54, 1.807) is 18.2 Å². The van der Waals surface area contributed by atoms with Gasteiger partial charge in [-0.25, -0.2) is 0 Å². The third kappa shape index (κ3) is 8.85. The molecule has 4 heteroatoms. The topological polar surface area (TPSA) is 50.1 Å². The minimum Gasteiger partial charge on any atom is -0.494 e. The maximum absolute atomic E-state index is 11.0. The van der Waals surface area contributed by atoms with E-state index < -0.39 is 5.91 Å². The van der Waals surface area contributed by atoms with Crippen LogP contribution in [0.5, 0.6) is 5.75 Å². The molecule has 0 saturated carbocycles. The van der Waals surface area contributed by atoms with Gasteiger partial charge in [0.25, 0.3) is 5.91 Å². The molecule has 0 fully saturated rings.